The number of aryl methyl sites for hydroxylation is 1. The molecular formula is C22H27BrN4O2. The van der Waals surface area contributed by atoms with Crippen molar-refractivity contribution in [3.63, 3.8) is 0 Å². The number of carbonyl (C=O) groups excluding carboxylic acids is 2. The Hall–Kier alpha value is -2.38. The Kier molecular flexibility index (Phi) is 6.59. The van der Waals surface area contributed by atoms with Gasteiger partial charge in [-0.2, -0.15) is 0 Å². The summed E-state index contributed by atoms with van der Waals surface area (Å²) in [6, 6.07) is 5.69. The minimum absolute atomic E-state index is 0.0803. The maximum atomic E-state index is 12.8. The van der Waals surface area contributed by atoms with Crippen molar-refractivity contribution in [1.29, 1.82) is 0 Å². The zero-order chi connectivity index (χ0) is 21.1. The SMILES string of the molecule is CCN(CC)CCNC(=O)c1c(C)cn(/C=C2\C(=O)Nc3ccc(Br)cc32)c1C. The number of nitrogens with one attached hydrogen (secondary N) is 2. The third-order valence-electron chi connectivity index (χ3n) is 5.34. The van der Waals surface area contributed by atoms with Crippen LogP contribution in [0.3, 0.4) is 0 Å². The molecule has 0 spiro atoms. The fourth-order valence-electron chi connectivity index (χ4n) is 3.65. The van der Waals surface area contributed by atoms with Crippen LogP contribution in [0, 0.1) is 13.8 Å². The molecule has 0 fully saturated rings. The number of halogens is 1. The molecule has 2 aromatic rings. The number of rotatable bonds is 7. The fourth-order valence-corrected chi connectivity index (χ4v) is 4.01. The second-order valence-electron chi connectivity index (χ2n) is 7.15. The van der Waals surface area contributed by atoms with Crippen LogP contribution in [0.1, 0.15) is 41.0 Å². The van der Waals surface area contributed by atoms with E-state index < -0.39 is 0 Å². The van der Waals surface area contributed by atoms with Crippen LogP contribution >= 0.6 is 15.9 Å². The van der Waals surface area contributed by atoms with Crippen LogP contribution in [0.15, 0.2) is 28.9 Å². The van der Waals surface area contributed by atoms with Crippen molar-refractivity contribution < 1.29 is 9.59 Å². The van der Waals surface area contributed by atoms with Gasteiger partial charge in [-0.25, -0.2) is 0 Å². The lowest BCUT2D eigenvalue weighted by molar-refractivity contribution is -0.110. The Bertz CT molecular complexity index is 973. The average molecular weight is 459 g/mol. The lowest BCUT2D eigenvalue weighted by Gasteiger charge is -2.18. The number of fused-ring (bicyclic) bond motifs is 1. The molecular weight excluding hydrogens is 432 g/mol. The van der Waals surface area contributed by atoms with Gasteiger partial charge in [0.15, 0.2) is 0 Å². The summed E-state index contributed by atoms with van der Waals surface area (Å²) in [6.07, 6.45) is 3.69. The zero-order valence-corrected chi connectivity index (χ0v) is 18.9. The summed E-state index contributed by atoms with van der Waals surface area (Å²) in [5.41, 5.74) is 4.57. The zero-order valence-electron chi connectivity index (χ0n) is 17.3. The Labute approximate surface area is 180 Å². The monoisotopic (exact) mass is 458 g/mol. The Balaban J connectivity index is 1.83. The highest BCUT2D eigenvalue weighted by Crippen LogP contribution is 2.34. The topological polar surface area (TPSA) is 66.4 Å². The van der Waals surface area contributed by atoms with Crippen molar-refractivity contribution in [2.24, 2.45) is 0 Å². The first-order valence-electron chi connectivity index (χ1n) is 9.87. The molecule has 154 valence electrons. The summed E-state index contributed by atoms with van der Waals surface area (Å²) < 4.78 is 2.77. The molecule has 6 nitrogen and oxygen atoms in total. The van der Waals surface area contributed by atoms with E-state index in [1.807, 2.05) is 42.8 Å². The van der Waals surface area contributed by atoms with E-state index in [0.29, 0.717) is 17.7 Å². The predicted molar refractivity (Wildman–Crippen MR) is 121 cm³/mol. The molecule has 0 saturated carbocycles. The van der Waals surface area contributed by atoms with E-state index in [2.05, 4.69) is 45.3 Å². The van der Waals surface area contributed by atoms with Gasteiger partial charge in [0, 0.05) is 46.9 Å². The number of benzene rings is 1. The summed E-state index contributed by atoms with van der Waals surface area (Å²) in [7, 11) is 0. The summed E-state index contributed by atoms with van der Waals surface area (Å²) >= 11 is 3.46. The second kappa shape index (κ2) is 8.97. The van der Waals surface area contributed by atoms with E-state index in [1.54, 1.807) is 6.20 Å². The van der Waals surface area contributed by atoms with Crippen LogP contribution in [-0.4, -0.2) is 47.5 Å². The van der Waals surface area contributed by atoms with E-state index in [0.717, 1.165) is 46.6 Å². The molecule has 2 heterocycles. The van der Waals surface area contributed by atoms with Crippen LogP contribution < -0.4 is 10.6 Å². The number of anilines is 1. The number of nitrogens with zero attached hydrogens (tertiary/aromatic N) is 2. The lowest BCUT2D eigenvalue weighted by atomic mass is 10.1. The van der Waals surface area contributed by atoms with Gasteiger partial charge in [0.1, 0.15) is 0 Å². The van der Waals surface area contributed by atoms with Crippen molar-refractivity contribution in [3.05, 3.63) is 51.3 Å². The lowest BCUT2D eigenvalue weighted by Crippen LogP contribution is -2.35. The van der Waals surface area contributed by atoms with E-state index >= 15 is 0 Å². The van der Waals surface area contributed by atoms with Gasteiger partial charge in [0.05, 0.1) is 11.1 Å². The third kappa shape index (κ3) is 4.46. The van der Waals surface area contributed by atoms with Crippen molar-refractivity contribution >= 4 is 45.2 Å². The van der Waals surface area contributed by atoms with Crippen LogP contribution in [-0.2, 0) is 4.79 Å². The molecule has 1 aliphatic rings. The number of amides is 2. The third-order valence-corrected chi connectivity index (χ3v) is 5.84. The predicted octanol–water partition coefficient (Wildman–Crippen LogP) is 3.89. The van der Waals surface area contributed by atoms with Gasteiger partial charge >= 0.3 is 0 Å². The Morgan fingerprint density at radius 3 is 2.69 bits per heavy atom. The Morgan fingerprint density at radius 2 is 2.00 bits per heavy atom. The van der Waals surface area contributed by atoms with Gasteiger partial charge in [-0.05, 0) is 50.7 Å². The van der Waals surface area contributed by atoms with E-state index in [-0.39, 0.29) is 11.8 Å². The van der Waals surface area contributed by atoms with Crippen LogP contribution in [0.4, 0.5) is 5.69 Å². The molecule has 29 heavy (non-hydrogen) atoms. The maximum Gasteiger partial charge on any atom is 0.257 e. The van der Waals surface area contributed by atoms with E-state index in [1.165, 1.54) is 0 Å². The van der Waals surface area contributed by atoms with Crippen molar-refractivity contribution in [3.8, 4) is 0 Å². The Morgan fingerprint density at radius 1 is 1.28 bits per heavy atom. The molecule has 0 radical (unpaired) electrons. The van der Waals surface area contributed by atoms with Crippen molar-refractivity contribution in [1.82, 2.24) is 14.8 Å². The van der Waals surface area contributed by atoms with Crippen LogP contribution in [0.2, 0.25) is 0 Å². The summed E-state index contributed by atoms with van der Waals surface area (Å²) in [4.78, 5) is 27.5. The average Bonchev–Trinajstić information content (AvgIpc) is 3.14. The number of hydrogen-bond acceptors (Lipinski definition) is 3. The second-order valence-corrected chi connectivity index (χ2v) is 8.07. The molecule has 1 aromatic heterocycles. The number of hydrogen-bond donors (Lipinski definition) is 2. The molecule has 3 rings (SSSR count). The molecule has 0 aliphatic carbocycles. The van der Waals surface area contributed by atoms with Gasteiger partial charge in [-0.1, -0.05) is 29.8 Å². The van der Waals surface area contributed by atoms with Crippen LogP contribution in [0.25, 0.3) is 11.8 Å². The highest BCUT2D eigenvalue weighted by molar-refractivity contribution is 9.10. The summed E-state index contributed by atoms with van der Waals surface area (Å²) in [5.74, 6) is -0.225. The van der Waals surface area contributed by atoms with Crippen molar-refractivity contribution in [2.45, 2.75) is 27.7 Å². The molecule has 0 atom stereocenters. The van der Waals surface area contributed by atoms with Crippen LogP contribution in [0.5, 0.6) is 0 Å². The number of carbonyl (C=O) groups is 2. The first-order chi connectivity index (χ1) is 13.8. The summed E-state index contributed by atoms with van der Waals surface area (Å²) in [6.45, 7) is 11.4. The molecule has 2 N–H and O–H groups in total. The first kappa shape index (κ1) is 21.3. The number of aromatic nitrogens is 1. The van der Waals surface area contributed by atoms with Gasteiger partial charge in [-0.15, -0.1) is 0 Å². The highest BCUT2D eigenvalue weighted by atomic mass is 79.9. The summed E-state index contributed by atoms with van der Waals surface area (Å²) in [5, 5.41) is 5.90. The minimum atomic E-state index is -0.144. The normalized spacial score (nSPS) is 14.4. The molecule has 1 aromatic carbocycles. The fraction of sp³-hybridized carbons (Fsp3) is 0.364. The van der Waals surface area contributed by atoms with Gasteiger partial charge in [0.25, 0.3) is 11.8 Å². The molecule has 2 amide bonds. The quantitative estimate of drug-likeness (QED) is 0.618. The molecule has 1 aliphatic heterocycles. The largest absolute Gasteiger partial charge is 0.351 e. The highest BCUT2D eigenvalue weighted by Gasteiger charge is 2.25. The smallest absolute Gasteiger partial charge is 0.257 e. The minimum Gasteiger partial charge on any atom is -0.351 e. The molecule has 0 saturated heterocycles. The van der Waals surface area contributed by atoms with Gasteiger partial charge < -0.3 is 20.1 Å². The molecule has 7 heteroatoms. The standard InChI is InChI=1S/C22H27BrN4O2/c1-5-26(6-2)10-9-24-22(29)20-14(3)12-27(15(20)4)13-18-17-11-16(23)7-8-19(17)25-21(18)28/h7-8,11-13H,5-6,9-10H2,1-4H3,(H,24,29)(H,25,28)/b18-13-. The molecule has 0 unspecified atom stereocenters. The van der Waals surface area contributed by atoms with E-state index in [9.17, 15) is 9.59 Å². The van der Waals surface area contributed by atoms with E-state index in [4.69, 9.17) is 0 Å². The first-order valence-corrected chi connectivity index (χ1v) is 10.7. The van der Waals surface area contributed by atoms with Gasteiger partial charge in [-0.3, -0.25) is 9.59 Å². The molecule has 0 bridgehead atoms. The maximum absolute atomic E-state index is 12.8. The van der Waals surface area contributed by atoms with Crippen molar-refractivity contribution in [2.75, 3.05) is 31.5 Å². The number of likely N-dealkylation sites (N-methyl/N-ethyl adjacent to an activating group) is 1. The van der Waals surface area contributed by atoms with Gasteiger partial charge in [0.2, 0.25) is 0 Å².